The van der Waals surface area contributed by atoms with Gasteiger partial charge >= 0.3 is 0 Å². The molecule has 0 spiro atoms. The molecule has 4 nitrogen and oxygen atoms in total. The van der Waals surface area contributed by atoms with Gasteiger partial charge in [-0.2, -0.15) is 0 Å². The predicted molar refractivity (Wildman–Crippen MR) is 105 cm³/mol. The fourth-order valence-electron chi connectivity index (χ4n) is 2.52. The van der Waals surface area contributed by atoms with Gasteiger partial charge in [0, 0.05) is 0 Å². The van der Waals surface area contributed by atoms with Gasteiger partial charge in [-0.15, -0.1) is 0 Å². The zero-order chi connectivity index (χ0) is 18.5. The van der Waals surface area contributed by atoms with Crippen LogP contribution in [0.25, 0.3) is 12.2 Å². The lowest BCUT2D eigenvalue weighted by molar-refractivity contribution is 0.415. The molecule has 132 valence electrons. The molecule has 26 heavy (non-hydrogen) atoms. The first-order valence-electron chi connectivity index (χ1n) is 8.45. The van der Waals surface area contributed by atoms with Crippen LogP contribution in [0.1, 0.15) is 27.9 Å². The van der Waals surface area contributed by atoms with Gasteiger partial charge in [-0.05, 0) is 67.8 Å². The largest absolute Gasteiger partial charge is 0.497 e. The Morgan fingerprint density at radius 1 is 0.808 bits per heavy atom. The first-order chi connectivity index (χ1) is 12.6. The van der Waals surface area contributed by atoms with E-state index >= 15 is 0 Å². The van der Waals surface area contributed by atoms with Crippen LogP contribution >= 0.6 is 0 Å². The molecule has 0 bridgehead atoms. The second-order valence-corrected chi connectivity index (χ2v) is 6.13. The van der Waals surface area contributed by atoms with E-state index < -0.39 is 0 Å². The van der Waals surface area contributed by atoms with Crippen LogP contribution in [-0.4, -0.2) is 17.1 Å². The predicted octanol–water partition coefficient (Wildman–Crippen LogP) is 5.37. The number of methoxy groups -OCH3 is 1. The second-order valence-electron chi connectivity index (χ2n) is 6.13. The molecule has 0 saturated heterocycles. The maximum Gasteiger partial charge on any atom is 0.229 e. The van der Waals surface area contributed by atoms with Crippen LogP contribution in [0, 0.1) is 20.8 Å². The average molecular weight is 346 g/mol. The molecule has 1 aromatic heterocycles. The summed E-state index contributed by atoms with van der Waals surface area (Å²) in [6, 6.07) is 13.9. The van der Waals surface area contributed by atoms with E-state index in [4.69, 9.17) is 9.47 Å². The van der Waals surface area contributed by atoms with E-state index in [1.807, 2.05) is 61.5 Å². The Bertz CT molecular complexity index is 931. The maximum absolute atomic E-state index is 6.03. The highest BCUT2D eigenvalue weighted by atomic mass is 16.5. The molecule has 0 fully saturated rings. The van der Waals surface area contributed by atoms with E-state index in [1.165, 1.54) is 17.5 Å². The normalized spacial score (nSPS) is 10.9. The summed E-state index contributed by atoms with van der Waals surface area (Å²) in [5.41, 5.74) is 5.20. The highest BCUT2D eigenvalue weighted by molar-refractivity contribution is 5.73. The van der Waals surface area contributed by atoms with E-state index in [-0.39, 0.29) is 0 Å². The monoisotopic (exact) mass is 346 g/mol. The van der Waals surface area contributed by atoms with Gasteiger partial charge in [0.1, 0.15) is 17.8 Å². The molecule has 0 amide bonds. The van der Waals surface area contributed by atoms with Crippen LogP contribution in [0.15, 0.2) is 48.8 Å². The minimum atomic E-state index is 0.547. The van der Waals surface area contributed by atoms with E-state index in [0.29, 0.717) is 5.88 Å². The number of nitrogens with zero attached hydrogens (tertiary/aromatic N) is 2. The standard InChI is InChI=1S/C22H22N2O2/c1-15-5-9-20(13-16(15)2)26-22-21(17(3)23-14-24-22)12-8-18-6-10-19(25-4)11-7-18/h5-14H,1-4H3/b12-8+. The van der Waals surface area contributed by atoms with Crippen molar-refractivity contribution in [1.29, 1.82) is 0 Å². The number of hydrogen-bond donors (Lipinski definition) is 0. The smallest absolute Gasteiger partial charge is 0.229 e. The van der Waals surface area contributed by atoms with Gasteiger partial charge in [0.15, 0.2) is 0 Å². The molecule has 1 heterocycles. The molecule has 0 unspecified atom stereocenters. The van der Waals surface area contributed by atoms with Gasteiger partial charge in [0.05, 0.1) is 18.4 Å². The number of benzene rings is 2. The molecule has 0 aliphatic rings. The Morgan fingerprint density at radius 3 is 2.23 bits per heavy atom. The van der Waals surface area contributed by atoms with Crippen LogP contribution in [0.4, 0.5) is 0 Å². The third-order valence-corrected chi connectivity index (χ3v) is 4.30. The molecule has 0 saturated carbocycles. The van der Waals surface area contributed by atoms with Crippen molar-refractivity contribution in [2.75, 3.05) is 7.11 Å². The number of rotatable bonds is 5. The Morgan fingerprint density at radius 2 is 1.54 bits per heavy atom. The lowest BCUT2D eigenvalue weighted by Crippen LogP contribution is -1.96. The molecular weight excluding hydrogens is 324 g/mol. The van der Waals surface area contributed by atoms with E-state index in [0.717, 1.165) is 28.3 Å². The van der Waals surface area contributed by atoms with E-state index in [2.05, 4.69) is 23.8 Å². The first kappa shape index (κ1) is 17.7. The third-order valence-electron chi connectivity index (χ3n) is 4.30. The van der Waals surface area contributed by atoms with Crippen molar-refractivity contribution in [3.05, 3.63) is 76.7 Å². The SMILES string of the molecule is COc1ccc(/C=C/c2c(C)ncnc2Oc2ccc(C)c(C)c2)cc1. The second kappa shape index (κ2) is 7.83. The Balaban J connectivity index is 1.88. The summed E-state index contributed by atoms with van der Waals surface area (Å²) in [4.78, 5) is 8.61. The zero-order valence-corrected chi connectivity index (χ0v) is 15.5. The van der Waals surface area contributed by atoms with Crippen LogP contribution in [0.5, 0.6) is 17.4 Å². The lowest BCUT2D eigenvalue weighted by atomic mass is 10.1. The summed E-state index contributed by atoms with van der Waals surface area (Å²) >= 11 is 0. The van der Waals surface area contributed by atoms with Crippen molar-refractivity contribution >= 4 is 12.2 Å². The number of ether oxygens (including phenoxy) is 2. The van der Waals surface area contributed by atoms with E-state index in [9.17, 15) is 0 Å². The summed E-state index contributed by atoms with van der Waals surface area (Å²) in [5.74, 6) is 2.15. The van der Waals surface area contributed by atoms with Gasteiger partial charge in [-0.25, -0.2) is 9.97 Å². The number of hydrogen-bond acceptors (Lipinski definition) is 4. The van der Waals surface area contributed by atoms with Crippen molar-refractivity contribution in [2.45, 2.75) is 20.8 Å². The van der Waals surface area contributed by atoms with Crippen LogP contribution in [-0.2, 0) is 0 Å². The van der Waals surface area contributed by atoms with E-state index in [1.54, 1.807) is 7.11 Å². The molecule has 0 N–H and O–H groups in total. The van der Waals surface area contributed by atoms with Crippen LogP contribution in [0.2, 0.25) is 0 Å². The lowest BCUT2D eigenvalue weighted by Gasteiger charge is -2.10. The number of aryl methyl sites for hydroxylation is 3. The quantitative estimate of drug-likeness (QED) is 0.623. The topological polar surface area (TPSA) is 44.2 Å². The molecule has 0 aliphatic carbocycles. The van der Waals surface area contributed by atoms with Crippen molar-refractivity contribution in [1.82, 2.24) is 9.97 Å². The summed E-state index contributed by atoms with van der Waals surface area (Å²) in [6.45, 7) is 6.09. The van der Waals surface area contributed by atoms with Crippen molar-refractivity contribution in [3.8, 4) is 17.4 Å². The van der Waals surface area contributed by atoms with Gasteiger partial charge in [0.25, 0.3) is 0 Å². The summed E-state index contributed by atoms with van der Waals surface area (Å²) in [7, 11) is 1.66. The van der Waals surface area contributed by atoms with Gasteiger partial charge < -0.3 is 9.47 Å². The van der Waals surface area contributed by atoms with Crippen molar-refractivity contribution in [3.63, 3.8) is 0 Å². The molecule has 3 aromatic rings. The van der Waals surface area contributed by atoms with Crippen molar-refractivity contribution < 1.29 is 9.47 Å². The molecule has 4 heteroatoms. The highest BCUT2D eigenvalue weighted by Crippen LogP contribution is 2.27. The van der Waals surface area contributed by atoms with Gasteiger partial charge in [-0.3, -0.25) is 0 Å². The molecular formula is C22H22N2O2. The van der Waals surface area contributed by atoms with Gasteiger partial charge in [-0.1, -0.05) is 24.3 Å². The Kier molecular flexibility index (Phi) is 5.32. The summed E-state index contributed by atoms with van der Waals surface area (Å²) in [5, 5.41) is 0. The first-order valence-corrected chi connectivity index (χ1v) is 8.45. The van der Waals surface area contributed by atoms with Crippen LogP contribution < -0.4 is 9.47 Å². The summed E-state index contributed by atoms with van der Waals surface area (Å²) in [6.07, 6.45) is 5.52. The highest BCUT2D eigenvalue weighted by Gasteiger charge is 2.09. The summed E-state index contributed by atoms with van der Waals surface area (Å²) < 4.78 is 11.2. The molecule has 2 aromatic carbocycles. The van der Waals surface area contributed by atoms with Crippen LogP contribution in [0.3, 0.4) is 0 Å². The average Bonchev–Trinajstić information content (AvgIpc) is 2.65. The fourth-order valence-corrected chi connectivity index (χ4v) is 2.52. The minimum Gasteiger partial charge on any atom is -0.497 e. The van der Waals surface area contributed by atoms with Gasteiger partial charge in [0.2, 0.25) is 5.88 Å². The molecule has 3 rings (SSSR count). The van der Waals surface area contributed by atoms with Crippen molar-refractivity contribution in [2.24, 2.45) is 0 Å². The minimum absolute atomic E-state index is 0.547. The Hall–Kier alpha value is -3.14. The third kappa shape index (κ3) is 4.09. The fraction of sp³-hybridized carbons (Fsp3) is 0.182. The Labute approximate surface area is 154 Å². The maximum atomic E-state index is 6.03. The molecule has 0 radical (unpaired) electrons. The zero-order valence-electron chi connectivity index (χ0n) is 15.5. The number of aromatic nitrogens is 2. The molecule has 0 atom stereocenters. The molecule has 0 aliphatic heterocycles.